The van der Waals surface area contributed by atoms with Crippen molar-refractivity contribution >= 4 is 27.5 Å². The minimum atomic E-state index is -4.15. The summed E-state index contributed by atoms with van der Waals surface area (Å²) in [7, 11) is -1.18. The van der Waals surface area contributed by atoms with Crippen LogP contribution in [-0.2, 0) is 26.0 Å². The molecule has 3 aromatic rings. The number of hydrogen-bond donors (Lipinski definition) is 1. The molecule has 8 nitrogen and oxygen atoms in total. The van der Waals surface area contributed by atoms with E-state index in [0.29, 0.717) is 18.6 Å². The number of benzene rings is 3. The van der Waals surface area contributed by atoms with Gasteiger partial charge in [0.25, 0.3) is 10.0 Å². The number of ether oxygens (including phenoxy) is 1. The first-order valence-corrected chi connectivity index (χ1v) is 13.9. The van der Waals surface area contributed by atoms with Crippen molar-refractivity contribution in [3.8, 4) is 5.75 Å². The molecule has 0 unspecified atom stereocenters. The molecule has 2 amide bonds. The first-order chi connectivity index (χ1) is 18.2. The van der Waals surface area contributed by atoms with Gasteiger partial charge in [-0.15, -0.1) is 0 Å². The van der Waals surface area contributed by atoms with Gasteiger partial charge >= 0.3 is 0 Å². The van der Waals surface area contributed by atoms with Crippen LogP contribution in [0.1, 0.15) is 24.5 Å². The van der Waals surface area contributed by atoms with E-state index in [1.54, 1.807) is 30.3 Å². The van der Waals surface area contributed by atoms with Gasteiger partial charge in [-0.25, -0.2) is 8.42 Å². The predicted octanol–water partition coefficient (Wildman–Crippen LogP) is 3.79. The molecule has 38 heavy (non-hydrogen) atoms. The summed E-state index contributed by atoms with van der Waals surface area (Å²) < 4.78 is 34.4. The summed E-state index contributed by atoms with van der Waals surface area (Å²) >= 11 is 0. The van der Waals surface area contributed by atoms with Crippen LogP contribution >= 0.6 is 0 Å². The summed E-state index contributed by atoms with van der Waals surface area (Å²) in [6.45, 7) is 3.41. The highest BCUT2D eigenvalue weighted by molar-refractivity contribution is 7.92. The second-order valence-electron chi connectivity index (χ2n) is 8.86. The van der Waals surface area contributed by atoms with Gasteiger partial charge in [0.15, 0.2) is 0 Å². The molecular weight excluding hydrogens is 502 g/mol. The Bertz CT molecular complexity index is 1330. The molecule has 3 aromatic carbocycles. The first-order valence-electron chi connectivity index (χ1n) is 12.5. The molecule has 0 aliphatic heterocycles. The average Bonchev–Trinajstić information content (AvgIpc) is 2.94. The topological polar surface area (TPSA) is 96.0 Å². The van der Waals surface area contributed by atoms with E-state index in [1.165, 1.54) is 31.2 Å². The van der Waals surface area contributed by atoms with E-state index in [1.807, 2.05) is 50.2 Å². The van der Waals surface area contributed by atoms with Gasteiger partial charge in [-0.1, -0.05) is 61.5 Å². The highest BCUT2D eigenvalue weighted by atomic mass is 32.2. The molecule has 0 saturated carbocycles. The zero-order valence-corrected chi connectivity index (χ0v) is 23.1. The van der Waals surface area contributed by atoms with Gasteiger partial charge in [-0.2, -0.15) is 0 Å². The number of anilines is 1. The van der Waals surface area contributed by atoms with Gasteiger partial charge in [0, 0.05) is 13.6 Å². The third kappa shape index (κ3) is 6.72. The highest BCUT2D eigenvalue weighted by Gasteiger charge is 2.34. The normalized spacial score (nSPS) is 11.9. The summed E-state index contributed by atoms with van der Waals surface area (Å²) in [5.41, 5.74) is 2.06. The van der Waals surface area contributed by atoms with Crippen LogP contribution in [0.4, 0.5) is 5.69 Å². The number of sulfonamides is 1. The van der Waals surface area contributed by atoms with Crippen LogP contribution in [-0.4, -0.2) is 58.4 Å². The van der Waals surface area contributed by atoms with Crippen molar-refractivity contribution in [3.05, 3.63) is 90.0 Å². The number of aryl methyl sites for hydroxylation is 1. The lowest BCUT2D eigenvalue weighted by molar-refractivity contribution is -0.139. The minimum Gasteiger partial charge on any atom is -0.495 e. The largest absolute Gasteiger partial charge is 0.495 e. The van der Waals surface area contributed by atoms with E-state index >= 15 is 0 Å². The Kier molecular flexibility index (Phi) is 9.90. The van der Waals surface area contributed by atoms with Crippen LogP contribution in [0.5, 0.6) is 5.75 Å². The SMILES string of the molecule is CC[C@@H](C(=O)NC)N(CCc1ccccc1)C(=O)CN(c1cc(C)ccc1OC)S(=O)(=O)c1ccccc1. The number of amides is 2. The van der Waals surface area contributed by atoms with Gasteiger partial charge in [-0.05, 0) is 55.2 Å². The molecule has 0 aromatic heterocycles. The van der Waals surface area contributed by atoms with E-state index in [4.69, 9.17) is 4.74 Å². The Labute approximate surface area is 225 Å². The van der Waals surface area contributed by atoms with E-state index in [-0.39, 0.29) is 23.0 Å². The molecule has 0 heterocycles. The number of nitrogens with zero attached hydrogens (tertiary/aromatic N) is 2. The van der Waals surface area contributed by atoms with E-state index in [9.17, 15) is 18.0 Å². The van der Waals surface area contributed by atoms with Gasteiger partial charge in [0.2, 0.25) is 11.8 Å². The molecule has 1 N–H and O–H groups in total. The van der Waals surface area contributed by atoms with E-state index in [0.717, 1.165) is 15.4 Å². The quantitative estimate of drug-likeness (QED) is 0.379. The monoisotopic (exact) mass is 537 g/mol. The van der Waals surface area contributed by atoms with Crippen molar-refractivity contribution in [2.45, 2.75) is 37.6 Å². The molecule has 0 fully saturated rings. The number of carbonyl (C=O) groups is 2. The maximum atomic E-state index is 13.9. The Balaban J connectivity index is 2.06. The molecule has 0 bridgehead atoms. The first kappa shape index (κ1) is 28.7. The van der Waals surface area contributed by atoms with Gasteiger partial charge in [0.05, 0.1) is 17.7 Å². The maximum absolute atomic E-state index is 13.9. The van der Waals surface area contributed by atoms with Crippen molar-refractivity contribution in [2.75, 3.05) is 31.6 Å². The van der Waals surface area contributed by atoms with Crippen molar-refractivity contribution in [1.29, 1.82) is 0 Å². The number of hydrogen-bond acceptors (Lipinski definition) is 5. The Morgan fingerprint density at radius 3 is 2.18 bits per heavy atom. The molecule has 0 aliphatic carbocycles. The van der Waals surface area contributed by atoms with Crippen LogP contribution in [0.2, 0.25) is 0 Å². The lowest BCUT2D eigenvalue weighted by Crippen LogP contribution is -2.52. The molecule has 9 heteroatoms. The number of carbonyl (C=O) groups excluding carboxylic acids is 2. The van der Waals surface area contributed by atoms with Crippen LogP contribution in [0, 0.1) is 6.92 Å². The highest BCUT2D eigenvalue weighted by Crippen LogP contribution is 2.33. The van der Waals surface area contributed by atoms with Crippen LogP contribution in [0.3, 0.4) is 0 Å². The molecular formula is C29H35N3O5S. The molecule has 0 saturated heterocycles. The van der Waals surface area contributed by atoms with Gasteiger partial charge < -0.3 is 15.0 Å². The molecule has 3 rings (SSSR count). The summed E-state index contributed by atoms with van der Waals surface area (Å²) in [4.78, 5) is 28.2. The Morgan fingerprint density at radius 2 is 1.61 bits per heavy atom. The summed E-state index contributed by atoms with van der Waals surface area (Å²) in [5.74, 6) is -0.476. The number of rotatable bonds is 12. The van der Waals surface area contributed by atoms with Crippen molar-refractivity contribution < 1.29 is 22.7 Å². The fraction of sp³-hybridized carbons (Fsp3) is 0.310. The zero-order valence-electron chi connectivity index (χ0n) is 22.3. The second kappa shape index (κ2) is 13.1. The third-order valence-corrected chi connectivity index (χ3v) is 8.10. The molecule has 1 atom stereocenters. The number of likely N-dealkylation sites (N-methyl/N-ethyl adjacent to an activating group) is 1. The molecule has 0 aliphatic rings. The zero-order chi connectivity index (χ0) is 27.7. The molecule has 0 radical (unpaired) electrons. The van der Waals surface area contributed by atoms with Gasteiger partial charge in [0.1, 0.15) is 18.3 Å². The minimum absolute atomic E-state index is 0.0468. The summed E-state index contributed by atoms with van der Waals surface area (Å²) in [6.07, 6.45) is 0.888. The van der Waals surface area contributed by atoms with Crippen molar-refractivity contribution in [3.63, 3.8) is 0 Å². The fourth-order valence-electron chi connectivity index (χ4n) is 4.29. The number of methoxy groups -OCH3 is 1. The summed E-state index contributed by atoms with van der Waals surface area (Å²) in [5, 5.41) is 2.63. The fourth-order valence-corrected chi connectivity index (χ4v) is 5.73. The van der Waals surface area contributed by atoms with Gasteiger partial charge in [-0.3, -0.25) is 13.9 Å². The molecule has 202 valence electrons. The van der Waals surface area contributed by atoms with Crippen LogP contribution in [0.15, 0.2) is 83.8 Å². The van der Waals surface area contributed by atoms with Crippen molar-refractivity contribution in [1.82, 2.24) is 10.2 Å². The Hall–Kier alpha value is -3.85. The van der Waals surface area contributed by atoms with E-state index < -0.39 is 28.5 Å². The standard InChI is InChI=1S/C29H35N3O5S/c1-5-25(29(34)30-3)31(19-18-23-12-8-6-9-13-23)28(33)21-32(26-20-22(2)16-17-27(26)37-4)38(35,36)24-14-10-7-11-15-24/h6-17,20,25H,5,18-19,21H2,1-4H3,(H,30,34)/t25-/m0/s1. The van der Waals surface area contributed by atoms with Crippen molar-refractivity contribution in [2.24, 2.45) is 0 Å². The van der Waals surface area contributed by atoms with E-state index in [2.05, 4.69) is 5.32 Å². The van der Waals surface area contributed by atoms with Crippen LogP contribution in [0.25, 0.3) is 0 Å². The second-order valence-corrected chi connectivity index (χ2v) is 10.7. The van der Waals surface area contributed by atoms with Crippen LogP contribution < -0.4 is 14.4 Å². The summed E-state index contributed by atoms with van der Waals surface area (Å²) in [6, 6.07) is 22.0. The smallest absolute Gasteiger partial charge is 0.264 e. The third-order valence-electron chi connectivity index (χ3n) is 6.33. The number of nitrogens with one attached hydrogen (secondary N) is 1. The molecule has 0 spiro atoms. The average molecular weight is 538 g/mol. The Morgan fingerprint density at radius 1 is 0.974 bits per heavy atom. The lowest BCUT2D eigenvalue weighted by Gasteiger charge is -2.33. The maximum Gasteiger partial charge on any atom is 0.264 e. The lowest BCUT2D eigenvalue weighted by atomic mass is 10.1. The predicted molar refractivity (Wildman–Crippen MR) is 149 cm³/mol.